The molecule has 0 saturated heterocycles. The number of hydrogen-bond acceptors (Lipinski definition) is 5. The molecule has 0 radical (unpaired) electrons. The van der Waals surface area contributed by atoms with E-state index in [0.717, 1.165) is 12.1 Å². The normalized spacial score (nSPS) is 11.1. The molecule has 4 rings (SSSR count). The van der Waals surface area contributed by atoms with Crippen molar-refractivity contribution in [1.29, 1.82) is 0 Å². The molecule has 0 atom stereocenters. The van der Waals surface area contributed by atoms with Gasteiger partial charge in [0.2, 0.25) is 5.91 Å². The van der Waals surface area contributed by atoms with Crippen LogP contribution in [0.3, 0.4) is 0 Å². The number of H-pyrrole nitrogens is 1. The van der Waals surface area contributed by atoms with Crippen LogP contribution in [0.5, 0.6) is 0 Å². The maximum Gasteiger partial charge on any atom is 0.315 e. The summed E-state index contributed by atoms with van der Waals surface area (Å²) < 4.78 is 47.4. The summed E-state index contributed by atoms with van der Waals surface area (Å²) >= 11 is 0. The highest BCUT2D eigenvalue weighted by Gasteiger charge is 2.23. The summed E-state index contributed by atoms with van der Waals surface area (Å²) in [4.78, 5) is 16.1. The van der Waals surface area contributed by atoms with Crippen LogP contribution < -0.4 is 5.32 Å². The predicted octanol–water partition coefficient (Wildman–Crippen LogP) is 4.19. The lowest BCUT2D eigenvalue weighted by Crippen LogP contribution is -2.23. The van der Waals surface area contributed by atoms with Crippen LogP contribution in [0.25, 0.3) is 33.6 Å². The van der Waals surface area contributed by atoms with E-state index in [2.05, 4.69) is 20.5 Å². The molecule has 4 aromatic rings. The second-order valence-corrected chi connectivity index (χ2v) is 7.07. The Hall–Kier alpha value is -3.82. The third kappa shape index (κ3) is 4.09. The standard InChI is InChI=1S/C21H18F3N5O2/c1-29(2)16(30)7-8-25-21-28-27-20(31-21)17-14-9-13(23)10-15(24)19(14)26-18(17)11-3-5-12(22)6-4-11/h3-6,9-10,26H,7-8H2,1-2H3,(H,25,28). The molecule has 10 heteroatoms. The average Bonchev–Trinajstić information content (AvgIpc) is 3.33. The molecule has 0 aliphatic rings. The van der Waals surface area contributed by atoms with Gasteiger partial charge in [-0.15, -0.1) is 5.10 Å². The zero-order valence-electron chi connectivity index (χ0n) is 16.7. The SMILES string of the molecule is CN(C)C(=O)CCNc1nnc(-c2c(-c3ccc(F)cc3)[nH]c3c(F)cc(F)cc23)o1. The van der Waals surface area contributed by atoms with Gasteiger partial charge >= 0.3 is 6.01 Å². The first kappa shape index (κ1) is 20.5. The highest BCUT2D eigenvalue weighted by Crippen LogP contribution is 2.39. The summed E-state index contributed by atoms with van der Waals surface area (Å²) in [5, 5.41) is 10.9. The van der Waals surface area contributed by atoms with Crippen LogP contribution >= 0.6 is 0 Å². The van der Waals surface area contributed by atoms with Gasteiger partial charge in [-0.1, -0.05) is 5.10 Å². The fourth-order valence-electron chi connectivity index (χ4n) is 3.17. The van der Waals surface area contributed by atoms with Crippen molar-refractivity contribution in [3.63, 3.8) is 0 Å². The van der Waals surface area contributed by atoms with Gasteiger partial charge in [0.25, 0.3) is 5.89 Å². The van der Waals surface area contributed by atoms with Gasteiger partial charge in [-0.2, -0.15) is 0 Å². The van der Waals surface area contributed by atoms with Gasteiger partial charge in [0, 0.05) is 38.5 Å². The molecule has 0 saturated carbocycles. The molecule has 7 nitrogen and oxygen atoms in total. The molecule has 2 aromatic carbocycles. The zero-order chi connectivity index (χ0) is 22.1. The Morgan fingerprint density at radius 3 is 2.55 bits per heavy atom. The molecule has 31 heavy (non-hydrogen) atoms. The number of anilines is 1. The molecule has 0 aliphatic heterocycles. The summed E-state index contributed by atoms with van der Waals surface area (Å²) in [5.74, 6) is -2.05. The zero-order valence-corrected chi connectivity index (χ0v) is 16.7. The number of nitrogens with one attached hydrogen (secondary N) is 2. The Morgan fingerprint density at radius 1 is 1.10 bits per heavy atom. The molecule has 0 fully saturated rings. The van der Waals surface area contributed by atoms with E-state index in [1.807, 2.05) is 0 Å². The molecule has 160 valence electrons. The Bertz CT molecular complexity index is 1250. The Morgan fingerprint density at radius 2 is 1.84 bits per heavy atom. The number of rotatable bonds is 6. The lowest BCUT2D eigenvalue weighted by atomic mass is 10.0. The van der Waals surface area contributed by atoms with Gasteiger partial charge in [-0.05, 0) is 35.9 Å². The average molecular weight is 429 g/mol. The Kier molecular flexibility index (Phi) is 5.37. The van der Waals surface area contributed by atoms with E-state index in [1.165, 1.54) is 29.2 Å². The number of carbonyl (C=O) groups excluding carboxylic acids is 1. The number of hydrogen-bond donors (Lipinski definition) is 2. The van der Waals surface area contributed by atoms with Gasteiger partial charge in [0.05, 0.1) is 16.8 Å². The van der Waals surface area contributed by atoms with Gasteiger partial charge < -0.3 is 19.6 Å². The number of amides is 1. The molecule has 2 aromatic heterocycles. The van der Waals surface area contributed by atoms with Crippen molar-refractivity contribution in [2.75, 3.05) is 26.0 Å². The first-order valence-electron chi connectivity index (χ1n) is 9.38. The molecule has 2 N–H and O–H groups in total. The van der Waals surface area contributed by atoms with Crippen LogP contribution in [0.1, 0.15) is 6.42 Å². The predicted molar refractivity (Wildman–Crippen MR) is 109 cm³/mol. The monoisotopic (exact) mass is 429 g/mol. The largest absolute Gasteiger partial charge is 0.403 e. The highest BCUT2D eigenvalue weighted by atomic mass is 19.1. The minimum Gasteiger partial charge on any atom is -0.403 e. The number of aromatic nitrogens is 3. The molecule has 0 bridgehead atoms. The van der Waals surface area contributed by atoms with Crippen LogP contribution in [-0.4, -0.2) is 46.6 Å². The molecule has 0 unspecified atom stereocenters. The van der Waals surface area contributed by atoms with Crippen LogP contribution in [0.2, 0.25) is 0 Å². The summed E-state index contributed by atoms with van der Waals surface area (Å²) in [6, 6.07) is 7.48. The summed E-state index contributed by atoms with van der Waals surface area (Å²) in [6.45, 7) is 0.264. The molecular formula is C21H18F3N5O2. The highest BCUT2D eigenvalue weighted by molar-refractivity contribution is 6.02. The van der Waals surface area contributed by atoms with Gasteiger partial charge in [-0.25, -0.2) is 13.2 Å². The van der Waals surface area contributed by atoms with Gasteiger partial charge in [-0.3, -0.25) is 4.79 Å². The molecule has 0 aliphatic carbocycles. The second kappa shape index (κ2) is 8.13. The van der Waals surface area contributed by atoms with Crippen LogP contribution in [0, 0.1) is 17.5 Å². The first-order chi connectivity index (χ1) is 14.8. The minimum atomic E-state index is -0.787. The lowest BCUT2D eigenvalue weighted by Gasteiger charge is -2.09. The topological polar surface area (TPSA) is 87.0 Å². The van der Waals surface area contributed by atoms with Gasteiger partial charge in [0.1, 0.15) is 17.5 Å². The molecule has 1 amide bonds. The van der Waals surface area contributed by atoms with Crippen LogP contribution in [0.4, 0.5) is 19.2 Å². The summed E-state index contributed by atoms with van der Waals surface area (Å²) in [6.07, 6.45) is 0.217. The third-order valence-electron chi connectivity index (χ3n) is 4.71. The van der Waals surface area contributed by atoms with Crippen molar-refractivity contribution >= 4 is 22.8 Å². The first-order valence-corrected chi connectivity index (χ1v) is 9.38. The van der Waals surface area contributed by atoms with Crippen molar-refractivity contribution < 1.29 is 22.4 Å². The number of carbonyl (C=O) groups is 1. The number of aromatic amines is 1. The van der Waals surface area contributed by atoms with Crippen LogP contribution in [0.15, 0.2) is 40.8 Å². The van der Waals surface area contributed by atoms with Crippen molar-refractivity contribution in [1.82, 2.24) is 20.1 Å². The number of benzene rings is 2. The van der Waals surface area contributed by atoms with E-state index in [-0.39, 0.29) is 47.2 Å². The van der Waals surface area contributed by atoms with Gasteiger partial charge in [0.15, 0.2) is 0 Å². The Labute approximate surface area is 174 Å². The quantitative estimate of drug-likeness (QED) is 0.480. The molecule has 0 spiro atoms. The van der Waals surface area contributed by atoms with Crippen molar-refractivity contribution in [3.05, 3.63) is 53.8 Å². The molecular weight excluding hydrogens is 411 g/mol. The number of halogens is 3. The van der Waals surface area contributed by atoms with E-state index < -0.39 is 17.5 Å². The van der Waals surface area contributed by atoms with Crippen molar-refractivity contribution in [2.45, 2.75) is 6.42 Å². The van der Waals surface area contributed by atoms with E-state index in [1.54, 1.807) is 14.1 Å². The second-order valence-electron chi connectivity index (χ2n) is 7.07. The number of nitrogens with zero attached hydrogens (tertiary/aromatic N) is 3. The van der Waals surface area contributed by atoms with Crippen molar-refractivity contribution in [2.24, 2.45) is 0 Å². The summed E-state index contributed by atoms with van der Waals surface area (Å²) in [5.41, 5.74) is 1.24. The third-order valence-corrected chi connectivity index (χ3v) is 4.71. The van der Waals surface area contributed by atoms with E-state index in [4.69, 9.17) is 4.42 Å². The van der Waals surface area contributed by atoms with E-state index >= 15 is 0 Å². The van der Waals surface area contributed by atoms with Crippen LogP contribution in [-0.2, 0) is 4.79 Å². The van der Waals surface area contributed by atoms with E-state index in [9.17, 15) is 18.0 Å². The fourth-order valence-corrected chi connectivity index (χ4v) is 3.17. The Balaban J connectivity index is 1.74. The minimum absolute atomic E-state index is 0.0111. The van der Waals surface area contributed by atoms with Crippen molar-refractivity contribution in [3.8, 4) is 22.7 Å². The smallest absolute Gasteiger partial charge is 0.315 e. The maximum absolute atomic E-state index is 14.4. The number of fused-ring (bicyclic) bond motifs is 1. The van der Waals surface area contributed by atoms with E-state index in [0.29, 0.717) is 11.3 Å². The fraction of sp³-hybridized carbons (Fsp3) is 0.190. The maximum atomic E-state index is 14.4. The lowest BCUT2D eigenvalue weighted by molar-refractivity contribution is -0.128. The molecule has 2 heterocycles. The summed E-state index contributed by atoms with van der Waals surface area (Å²) in [7, 11) is 3.30.